The van der Waals surface area contributed by atoms with Gasteiger partial charge >= 0.3 is 0 Å². The van der Waals surface area contributed by atoms with E-state index in [-0.39, 0.29) is 5.41 Å². The molecule has 56 valence electrons. The third kappa shape index (κ3) is 0.681. The maximum atomic E-state index is 7.07. The molecule has 0 radical (unpaired) electrons. The second-order valence-electron chi connectivity index (χ2n) is 3.14. The zero-order chi connectivity index (χ0) is 7.90. The summed E-state index contributed by atoms with van der Waals surface area (Å²) in [4.78, 5) is 0. The molecule has 1 atom stereocenters. The minimum absolute atomic E-state index is 0.177. The highest BCUT2D eigenvalue weighted by molar-refractivity contribution is 5.69. The van der Waals surface area contributed by atoms with E-state index in [0.29, 0.717) is 0 Å². The van der Waals surface area contributed by atoms with Crippen LogP contribution in [0.2, 0.25) is 0 Å². The van der Waals surface area contributed by atoms with Crippen LogP contribution in [0.5, 0.6) is 0 Å². The van der Waals surface area contributed by atoms with Gasteiger partial charge in [0.2, 0.25) is 0 Å². The Morgan fingerprint density at radius 3 is 3.00 bits per heavy atom. The molecule has 11 heavy (non-hydrogen) atoms. The van der Waals surface area contributed by atoms with Crippen molar-refractivity contribution in [3.05, 3.63) is 35.5 Å². The van der Waals surface area contributed by atoms with E-state index in [2.05, 4.69) is 31.2 Å². The van der Waals surface area contributed by atoms with Crippen LogP contribution in [0.3, 0.4) is 0 Å². The van der Waals surface area contributed by atoms with Crippen molar-refractivity contribution >= 4 is 6.21 Å². The van der Waals surface area contributed by atoms with Gasteiger partial charge in [0, 0.05) is 5.41 Å². The Morgan fingerprint density at radius 2 is 2.36 bits per heavy atom. The molecule has 0 amide bonds. The second-order valence-corrected chi connectivity index (χ2v) is 3.14. The Kier molecular flexibility index (Phi) is 1.16. The third-order valence-corrected chi connectivity index (χ3v) is 2.67. The highest BCUT2D eigenvalue weighted by Gasteiger charge is 2.46. The van der Waals surface area contributed by atoms with Gasteiger partial charge in [-0.05, 0) is 25.1 Å². The number of fused-ring (bicyclic) bond motifs is 1. The van der Waals surface area contributed by atoms with Crippen LogP contribution in [0.25, 0.3) is 0 Å². The average molecular weight is 145 g/mol. The van der Waals surface area contributed by atoms with Crippen LogP contribution >= 0.6 is 0 Å². The van der Waals surface area contributed by atoms with Gasteiger partial charge in [-0.1, -0.05) is 29.9 Å². The highest BCUT2D eigenvalue weighted by Crippen LogP contribution is 2.57. The first-order valence-corrected chi connectivity index (χ1v) is 3.88. The standard InChI is InChI=1S/C10H11N/c1-8-9-4-2-3-5-10(8,9)6-7-11/h2-5,7,11H,6H2,1H3. The molecule has 0 fully saturated rings. The quantitative estimate of drug-likeness (QED) is 0.577. The fourth-order valence-electron chi connectivity index (χ4n) is 1.86. The van der Waals surface area contributed by atoms with Gasteiger partial charge in [0.15, 0.2) is 0 Å². The molecule has 1 N–H and O–H groups in total. The fourth-order valence-corrected chi connectivity index (χ4v) is 1.86. The predicted octanol–water partition coefficient (Wildman–Crippen LogP) is 2.47. The van der Waals surface area contributed by atoms with Crippen LogP contribution in [0.15, 0.2) is 35.5 Å². The molecule has 1 unspecified atom stereocenters. The Hall–Kier alpha value is -1.11. The lowest BCUT2D eigenvalue weighted by Gasteiger charge is -2.12. The minimum atomic E-state index is 0.177. The van der Waals surface area contributed by atoms with Crippen molar-refractivity contribution < 1.29 is 0 Å². The first-order chi connectivity index (χ1) is 5.31. The first-order valence-electron chi connectivity index (χ1n) is 3.88. The molecule has 0 aliphatic heterocycles. The predicted molar refractivity (Wildman–Crippen MR) is 46.8 cm³/mol. The summed E-state index contributed by atoms with van der Waals surface area (Å²) in [5.41, 5.74) is 3.03. The average Bonchev–Trinajstić information content (AvgIpc) is 2.59. The van der Waals surface area contributed by atoms with Crippen LogP contribution in [-0.2, 0) is 0 Å². The van der Waals surface area contributed by atoms with Gasteiger partial charge in [-0.3, -0.25) is 0 Å². The lowest BCUT2D eigenvalue weighted by Crippen LogP contribution is -2.04. The maximum Gasteiger partial charge on any atom is 0.0396 e. The summed E-state index contributed by atoms with van der Waals surface area (Å²) in [7, 11) is 0. The Balaban J connectivity index is 2.28. The summed E-state index contributed by atoms with van der Waals surface area (Å²) in [6, 6.07) is 0. The molecular formula is C10H11N. The van der Waals surface area contributed by atoms with Gasteiger partial charge in [0.25, 0.3) is 0 Å². The van der Waals surface area contributed by atoms with Crippen LogP contribution in [0, 0.1) is 10.8 Å². The molecule has 0 bridgehead atoms. The van der Waals surface area contributed by atoms with Crippen molar-refractivity contribution in [1.82, 2.24) is 0 Å². The van der Waals surface area contributed by atoms with Gasteiger partial charge in [-0.15, -0.1) is 0 Å². The second kappa shape index (κ2) is 1.94. The van der Waals surface area contributed by atoms with Crippen molar-refractivity contribution in [2.75, 3.05) is 0 Å². The van der Waals surface area contributed by atoms with E-state index in [1.807, 2.05) is 0 Å². The lowest BCUT2D eigenvalue weighted by molar-refractivity contribution is 0.721. The largest absolute Gasteiger partial charge is 0.313 e. The maximum absolute atomic E-state index is 7.07. The van der Waals surface area contributed by atoms with E-state index in [0.717, 1.165) is 6.42 Å². The van der Waals surface area contributed by atoms with Gasteiger partial charge < -0.3 is 5.41 Å². The molecule has 2 aliphatic rings. The topological polar surface area (TPSA) is 23.9 Å². The molecule has 1 nitrogen and oxygen atoms in total. The van der Waals surface area contributed by atoms with E-state index in [1.165, 1.54) is 17.4 Å². The monoisotopic (exact) mass is 145 g/mol. The Morgan fingerprint density at radius 1 is 1.55 bits per heavy atom. The lowest BCUT2D eigenvalue weighted by atomic mass is 9.91. The summed E-state index contributed by atoms with van der Waals surface area (Å²) in [6.07, 6.45) is 10.8. The van der Waals surface area contributed by atoms with Crippen LogP contribution in [0.4, 0.5) is 0 Å². The van der Waals surface area contributed by atoms with Gasteiger partial charge in [0.05, 0.1) is 0 Å². The van der Waals surface area contributed by atoms with E-state index >= 15 is 0 Å². The molecule has 2 aliphatic carbocycles. The molecule has 0 heterocycles. The molecule has 0 aromatic rings. The van der Waals surface area contributed by atoms with Crippen LogP contribution < -0.4 is 0 Å². The molecule has 1 heteroatoms. The van der Waals surface area contributed by atoms with Gasteiger partial charge in [-0.25, -0.2) is 0 Å². The van der Waals surface area contributed by atoms with Gasteiger partial charge in [0.1, 0.15) is 0 Å². The summed E-state index contributed by atoms with van der Waals surface area (Å²) in [5, 5.41) is 7.07. The van der Waals surface area contributed by atoms with Crippen molar-refractivity contribution in [3.63, 3.8) is 0 Å². The summed E-state index contributed by atoms with van der Waals surface area (Å²) < 4.78 is 0. The highest BCUT2D eigenvalue weighted by atomic mass is 14.5. The number of rotatable bonds is 2. The van der Waals surface area contributed by atoms with E-state index in [1.54, 1.807) is 0 Å². The van der Waals surface area contributed by atoms with Crippen molar-refractivity contribution in [2.24, 2.45) is 5.41 Å². The normalized spacial score (nSPS) is 32.1. The number of hydrogen-bond acceptors (Lipinski definition) is 1. The molecular weight excluding hydrogens is 134 g/mol. The summed E-state index contributed by atoms with van der Waals surface area (Å²) >= 11 is 0. The fraction of sp³-hybridized carbons (Fsp3) is 0.300. The third-order valence-electron chi connectivity index (χ3n) is 2.67. The number of hydrogen-bond donors (Lipinski definition) is 1. The number of allylic oxidation sites excluding steroid dienone is 6. The summed E-state index contributed by atoms with van der Waals surface area (Å²) in [6.45, 7) is 2.15. The Labute approximate surface area is 66.6 Å². The van der Waals surface area contributed by atoms with Crippen LogP contribution in [0.1, 0.15) is 13.3 Å². The van der Waals surface area contributed by atoms with Crippen molar-refractivity contribution in [1.29, 1.82) is 5.41 Å². The molecule has 0 aromatic carbocycles. The van der Waals surface area contributed by atoms with E-state index in [9.17, 15) is 0 Å². The van der Waals surface area contributed by atoms with Crippen LogP contribution in [-0.4, -0.2) is 6.21 Å². The molecule has 0 aromatic heterocycles. The molecule has 2 rings (SSSR count). The van der Waals surface area contributed by atoms with Crippen molar-refractivity contribution in [2.45, 2.75) is 13.3 Å². The molecule has 0 saturated heterocycles. The molecule has 0 spiro atoms. The number of nitrogens with one attached hydrogen (secondary N) is 1. The molecule has 0 saturated carbocycles. The zero-order valence-electron chi connectivity index (χ0n) is 6.59. The van der Waals surface area contributed by atoms with E-state index in [4.69, 9.17) is 5.41 Å². The Bertz CT molecular complexity index is 294. The van der Waals surface area contributed by atoms with Gasteiger partial charge in [-0.2, -0.15) is 0 Å². The SMILES string of the molecule is CC1=C2C=CC=CC12CC=N. The smallest absolute Gasteiger partial charge is 0.0396 e. The van der Waals surface area contributed by atoms with E-state index < -0.39 is 0 Å². The van der Waals surface area contributed by atoms with Crippen molar-refractivity contribution in [3.8, 4) is 0 Å². The minimum Gasteiger partial charge on any atom is -0.313 e. The summed E-state index contributed by atoms with van der Waals surface area (Å²) in [5.74, 6) is 0. The first kappa shape index (κ1) is 6.59. The zero-order valence-corrected chi connectivity index (χ0v) is 6.59.